The van der Waals surface area contributed by atoms with E-state index in [0.29, 0.717) is 11.6 Å². The van der Waals surface area contributed by atoms with Crippen molar-refractivity contribution >= 4 is 40.9 Å². The number of carbonyl (C=O) groups excluding carboxylic acids is 1. The van der Waals surface area contributed by atoms with Crippen LogP contribution in [-0.4, -0.2) is 22.7 Å². The Labute approximate surface area is 145 Å². The van der Waals surface area contributed by atoms with Crippen LogP contribution in [-0.2, 0) is 4.79 Å². The van der Waals surface area contributed by atoms with Crippen LogP contribution in [0.2, 0.25) is 0 Å². The number of ketones is 1. The zero-order valence-electron chi connectivity index (χ0n) is 12.7. The van der Waals surface area contributed by atoms with Crippen molar-refractivity contribution < 1.29 is 4.79 Å². The molecule has 0 radical (unpaired) electrons. The van der Waals surface area contributed by atoms with Crippen molar-refractivity contribution in [2.24, 2.45) is 0 Å². The maximum atomic E-state index is 12.4. The lowest BCUT2D eigenvalue weighted by atomic mass is 10.2. The molecule has 22 heavy (non-hydrogen) atoms. The highest BCUT2D eigenvalue weighted by molar-refractivity contribution is 8.02. The van der Waals surface area contributed by atoms with Crippen LogP contribution in [0.25, 0.3) is 0 Å². The van der Waals surface area contributed by atoms with Gasteiger partial charge in [0.25, 0.3) is 0 Å². The average molecular weight is 351 g/mol. The van der Waals surface area contributed by atoms with E-state index >= 15 is 0 Å². The molecule has 0 N–H and O–H groups in total. The van der Waals surface area contributed by atoms with Gasteiger partial charge in [-0.25, -0.2) is 0 Å². The predicted octanol–water partition coefficient (Wildman–Crippen LogP) is 5.36. The van der Waals surface area contributed by atoms with Crippen LogP contribution in [0, 0.1) is 13.8 Å². The molecule has 0 saturated heterocycles. The number of halogens is 1. The molecule has 4 heteroatoms. The standard InChI is InChI=1S/C18H19ClOS2/c1-13-3-7-15(8-4-13)21-12-17(20)18(11-19)22-16-9-5-14(2)6-10-16/h3-10,18H,11-12H2,1-2H3. The number of carbonyl (C=O) groups is 1. The average Bonchev–Trinajstić information content (AvgIpc) is 2.53. The Balaban J connectivity index is 1.91. The summed E-state index contributed by atoms with van der Waals surface area (Å²) in [6.45, 7) is 4.11. The van der Waals surface area contributed by atoms with E-state index in [1.165, 1.54) is 11.1 Å². The van der Waals surface area contributed by atoms with Crippen LogP contribution in [0.5, 0.6) is 0 Å². The summed E-state index contributed by atoms with van der Waals surface area (Å²) in [5.41, 5.74) is 2.44. The van der Waals surface area contributed by atoms with Crippen LogP contribution in [0.3, 0.4) is 0 Å². The first kappa shape index (κ1) is 17.5. The molecule has 2 rings (SSSR count). The van der Waals surface area contributed by atoms with Crippen molar-refractivity contribution in [2.45, 2.75) is 28.9 Å². The number of thioether (sulfide) groups is 2. The fourth-order valence-corrected chi connectivity index (χ4v) is 4.05. The van der Waals surface area contributed by atoms with Gasteiger partial charge in [0.2, 0.25) is 0 Å². The number of aryl methyl sites for hydroxylation is 2. The molecule has 0 bridgehead atoms. The first-order valence-electron chi connectivity index (χ1n) is 7.10. The zero-order valence-corrected chi connectivity index (χ0v) is 15.1. The third kappa shape index (κ3) is 5.38. The van der Waals surface area contributed by atoms with E-state index in [1.54, 1.807) is 23.5 Å². The van der Waals surface area contributed by atoms with Crippen LogP contribution >= 0.6 is 35.1 Å². The molecule has 0 spiro atoms. The van der Waals surface area contributed by atoms with Crippen LogP contribution in [0.15, 0.2) is 58.3 Å². The molecular formula is C18H19ClOS2. The van der Waals surface area contributed by atoms with Crippen LogP contribution < -0.4 is 0 Å². The molecule has 0 saturated carbocycles. The van der Waals surface area contributed by atoms with E-state index < -0.39 is 0 Å². The molecule has 116 valence electrons. The topological polar surface area (TPSA) is 17.1 Å². The Bertz CT molecular complexity index is 608. The molecule has 1 nitrogen and oxygen atoms in total. The Hall–Kier alpha value is -0.900. The number of Topliss-reactive ketones (excluding diaryl/α,β-unsaturated/α-hetero) is 1. The summed E-state index contributed by atoms with van der Waals surface area (Å²) in [5, 5.41) is -0.192. The number of hydrogen-bond acceptors (Lipinski definition) is 3. The summed E-state index contributed by atoms with van der Waals surface area (Å²) in [7, 11) is 0. The lowest BCUT2D eigenvalue weighted by Gasteiger charge is -2.12. The Morgan fingerprint density at radius 1 is 0.955 bits per heavy atom. The van der Waals surface area contributed by atoms with E-state index in [9.17, 15) is 4.79 Å². The van der Waals surface area contributed by atoms with Gasteiger partial charge in [-0.3, -0.25) is 4.79 Å². The fourth-order valence-electron chi connectivity index (χ4n) is 1.85. The van der Waals surface area contributed by atoms with Gasteiger partial charge in [0, 0.05) is 15.7 Å². The third-order valence-corrected chi connectivity index (χ3v) is 5.99. The maximum absolute atomic E-state index is 12.4. The van der Waals surface area contributed by atoms with Gasteiger partial charge in [-0.15, -0.1) is 35.1 Å². The molecule has 0 amide bonds. The number of rotatable bonds is 7. The highest BCUT2D eigenvalue weighted by Gasteiger charge is 2.18. The zero-order chi connectivity index (χ0) is 15.9. The second kappa shape index (κ2) is 8.66. The highest BCUT2D eigenvalue weighted by atomic mass is 35.5. The lowest BCUT2D eigenvalue weighted by Crippen LogP contribution is -2.21. The van der Waals surface area contributed by atoms with E-state index in [0.717, 1.165) is 9.79 Å². The molecule has 2 aromatic carbocycles. The molecule has 2 aromatic rings. The van der Waals surface area contributed by atoms with Gasteiger partial charge in [-0.1, -0.05) is 35.4 Å². The monoisotopic (exact) mass is 350 g/mol. The normalized spacial score (nSPS) is 12.1. The second-order valence-corrected chi connectivity index (χ2v) is 7.78. The Morgan fingerprint density at radius 3 is 1.95 bits per heavy atom. The number of alkyl halides is 1. The summed E-state index contributed by atoms with van der Waals surface area (Å²) >= 11 is 9.12. The summed E-state index contributed by atoms with van der Waals surface area (Å²) < 4.78 is 0. The van der Waals surface area contributed by atoms with Crippen molar-refractivity contribution in [2.75, 3.05) is 11.6 Å². The Morgan fingerprint density at radius 2 is 1.45 bits per heavy atom. The minimum atomic E-state index is -0.192. The number of hydrogen-bond donors (Lipinski definition) is 0. The molecule has 1 unspecified atom stereocenters. The van der Waals surface area contributed by atoms with Crippen molar-refractivity contribution in [1.82, 2.24) is 0 Å². The van der Waals surface area contributed by atoms with Crippen molar-refractivity contribution in [3.05, 3.63) is 59.7 Å². The summed E-state index contributed by atoms with van der Waals surface area (Å²) in [4.78, 5) is 14.6. The van der Waals surface area contributed by atoms with E-state index in [2.05, 4.69) is 50.2 Å². The minimum absolute atomic E-state index is 0.186. The van der Waals surface area contributed by atoms with Gasteiger partial charge in [-0.2, -0.15) is 0 Å². The number of benzene rings is 2. The first-order chi connectivity index (χ1) is 10.6. The highest BCUT2D eigenvalue weighted by Crippen LogP contribution is 2.27. The van der Waals surface area contributed by atoms with Crippen molar-refractivity contribution in [3.8, 4) is 0 Å². The summed E-state index contributed by atoms with van der Waals surface area (Å²) in [5.74, 6) is 0.983. The SMILES string of the molecule is Cc1ccc(SCC(=O)C(CCl)Sc2ccc(C)cc2)cc1. The van der Waals surface area contributed by atoms with E-state index in [1.807, 2.05) is 12.1 Å². The molecule has 0 aromatic heterocycles. The van der Waals surface area contributed by atoms with Crippen molar-refractivity contribution in [3.63, 3.8) is 0 Å². The van der Waals surface area contributed by atoms with Crippen molar-refractivity contribution in [1.29, 1.82) is 0 Å². The lowest BCUT2D eigenvalue weighted by molar-refractivity contribution is -0.115. The van der Waals surface area contributed by atoms with E-state index in [-0.39, 0.29) is 11.0 Å². The molecular weight excluding hydrogens is 332 g/mol. The molecule has 0 heterocycles. The van der Waals surface area contributed by atoms with E-state index in [4.69, 9.17) is 11.6 Å². The maximum Gasteiger partial charge on any atom is 0.157 e. The van der Waals surface area contributed by atoms with Gasteiger partial charge < -0.3 is 0 Å². The molecule has 0 aliphatic heterocycles. The molecule has 1 atom stereocenters. The van der Waals surface area contributed by atoms with Gasteiger partial charge in [0.05, 0.1) is 11.0 Å². The molecule has 0 aliphatic carbocycles. The van der Waals surface area contributed by atoms with Gasteiger partial charge in [0.15, 0.2) is 5.78 Å². The van der Waals surface area contributed by atoms with Gasteiger partial charge in [0.1, 0.15) is 0 Å². The van der Waals surface area contributed by atoms with Gasteiger partial charge in [-0.05, 0) is 38.1 Å². The second-order valence-electron chi connectivity index (χ2n) is 5.14. The van der Waals surface area contributed by atoms with Gasteiger partial charge >= 0.3 is 0 Å². The fraction of sp³-hybridized carbons (Fsp3) is 0.278. The summed E-state index contributed by atoms with van der Waals surface area (Å²) in [6.07, 6.45) is 0. The third-order valence-electron chi connectivity index (χ3n) is 3.20. The molecule has 0 fully saturated rings. The molecule has 0 aliphatic rings. The first-order valence-corrected chi connectivity index (χ1v) is 9.50. The Kier molecular flexibility index (Phi) is 6.87. The van der Waals surface area contributed by atoms with Crippen LogP contribution in [0.4, 0.5) is 0 Å². The minimum Gasteiger partial charge on any atom is -0.297 e. The largest absolute Gasteiger partial charge is 0.297 e. The smallest absolute Gasteiger partial charge is 0.157 e. The van der Waals surface area contributed by atoms with Crippen LogP contribution in [0.1, 0.15) is 11.1 Å². The summed E-state index contributed by atoms with van der Waals surface area (Å²) in [6, 6.07) is 16.4. The quantitative estimate of drug-likeness (QED) is 0.494. The predicted molar refractivity (Wildman–Crippen MR) is 98.5 cm³/mol.